The zero-order valence-corrected chi connectivity index (χ0v) is 21.1. The van der Waals surface area contributed by atoms with Gasteiger partial charge in [0.15, 0.2) is 0 Å². The number of hydrogen-bond donors (Lipinski definition) is 0. The van der Waals surface area contributed by atoms with E-state index in [0.29, 0.717) is 12.0 Å². The van der Waals surface area contributed by atoms with Crippen LogP contribution < -0.4 is 0 Å². The van der Waals surface area contributed by atoms with Crippen molar-refractivity contribution in [1.29, 1.82) is 0 Å². The van der Waals surface area contributed by atoms with Gasteiger partial charge >= 0.3 is 0 Å². The van der Waals surface area contributed by atoms with E-state index in [4.69, 9.17) is 4.98 Å². The molecule has 0 aliphatic carbocycles. The molecule has 0 saturated carbocycles. The monoisotopic (exact) mass is 418 g/mol. The van der Waals surface area contributed by atoms with Crippen LogP contribution in [0.5, 0.6) is 0 Å². The SMILES string of the molecule is CCCCCCCCCCCC(C)n1ccnc1C(C)CCCCCCCCCC. The minimum absolute atomic E-state index is 0.589. The van der Waals surface area contributed by atoms with E-state index in [0.717, 1.165) is 0 Å². The Morgan fingerprint density at radius 3 is 1.57 bits per heavy atom. The summed E-state index contributed by atoms with van der Waals surface area (Å²) in [5, 5.41) is 0. The largest absolute Gasteiger partial charge is 0.332 e. The van der Waals surface area contributed by atoms with Crippen LogP contribution >= 0.6 is 0 Å². The van der Waals surface area contributed by atoms with Gasteiger partial charge in [0.2, 0.25) is 0 Å². The lowest BCUT2D eigenvalue weighted by Gasteiger charge is -2.20. The summed E-state index contributed by atoms with van der Waals surface area (Å²) in [6.45, 7) is 9.36. The molecule has 0 aliphatic rings. The molecule has 0 amide bonds. The predicted octanol–water partition coefficient (Wildman–Crippen LogP) is 10.00. The van der Waals surface area contributed by atoms with Crippen LogP contribution in [0.3, 0.4) is 0 Å². The van der Waals surface area contributed by atoms with Gasteiger partial charge in [-0.15, -0.1) is 0 Å². The number of aromatic nitrogens is 2. The second-order valence-electron chi connectivity index (χ2n) is 9.82. The zero-order chi connectivity index (χ0) is 21.9. The summed E-state index contributed by atoms with van der Waals surface area (Å²) in [4.78, 5) is 4.74. The molecule has 0 aliphatic heterocycles. The lowest BCUT2D eigenvalue weighted by molar-refractivity contribution is 0.435. The van der Waals surface area contributed by atoms with Crippen LogP contribution in [0, 0.1) is 0 Å². The molecule has 1 rings (SSSR count). The van der Waals surface area contributed by atoms with Gasteiger partial charge in [0.1, 0.15) is 5.82 Å². The molecule has 2 atom stereocenters. The maximum Gasteiger partial charge on any atom is 0.111 e. The molecule has 0 fully saturated rings. The number of unbranched alkanes of at least 4 members (excludes halogenated alkanes) is 15. The van der Waals surface area contributed by atoms with Gasteiger partial charge in [-0.3, -0.25) is 0 Å². The molecular formula is C28H54N2. The van der Waals surface area contributed by atoms with Crippen molar-refractivity contribution in [2.45, 2.75) is 162 Å². The third-order valence-electron chi connectivity index (χ3n) is 6.83. The fourth-order valence-electron chi connectivity index (χ4n) is 4.68. The van der Waals surface area contributed by atoms with E-state index in [-0.39, 0.29) is 0 Å². The summed E-state index contributed by atoms with van der Waals surface area (Å²) in [5.74, 6) is 1.91. The maximum atomic E-state index is 4.74. The van der Waals surface area contributed by atoms with Crippen LogP contribution in [-0.2, 0) is 0 Å². The van der Waals surface area contributed by atoms with Gasteiger partial charge in [-0.1, -0.05) is 130 Å². The van der Waals surface area contributed by atoms with Gasteiger partial charge < -0.3 is 4.57 Å². The second-order valence-corrected chi connectivity index (χ2v) is 9.82. The van der Waals surface area contributed by atoms with Crippen LogP contribution in [0.2, 0.25) is 0 Å². The van der Waals surface area contributed by atoms with Crippen LogP contribution in [0.4, 0.5) is 0 Å². The number of rotatable bonds is 21. The molecule has 2 nitrogen and oxygen atoms in total. The Labute approximate surface area is 189 Å². The Morgan fingerprint density at radius 2 is 1.07 bits per heavy atom. The second kappa shape index (κ2) is 18.9. The van der Waals surface area contributed by atoms with Gasteiger partial charge in [0.05, 0.1) is 0 Å². The zero-order valence-electron chi connectivity index (χ0n) is 21.1. The summed E-state index contributed by atoms with van der Waals surface area (Å²) in [6, 6.07) is 0.591. The highest BCUT2D eigenvalue weighted by Gasteiger charge is 2.15. The van der Waals surface area contributed by atoms with Crippen molar-refractivity contribution >= 4 is 0 Å². The highest BCUT2D eigenvalue weighted by molar-refractivity contribution is 5.00. The molecule has 176 valence electrons. The van der Waals surface area contributed by atoms with E-state index >= 15 is 0 Å². The van der Waals surface area contributed by atoms with E-state index in [2.05, 4.69) is 38.5 Å². The Kier molecular flexibility index (Phi) is 17.2. The quantitative estimate of drug-likeness (QED) is 0.182. The molecule has 2 unspecified atom stereocenters. The Bertz CT molecular complexity index is 479. The fourth-order valence-corrected chi connectivity index (χ4v) is 4.68. The first-order valence-electron chi connectivity index (χ1n) is 13.7. The Hall–Kier alpha value is -0.790. The minimum Gasteiger partial charge on any atom is -0.332 e. The van der Waals surface area contributed by atoms with Crippen molar-refractivity contribution in [2.24, 2.45) is 0 Å². The van der Waals surface area contributed by atoms with Crippen molar-refractivity contribution in [3.8, 4) is 0 Å². The van der Waals surface area contributed by atoms with Crippen molar-refractivity contribution in [3.63, 3.8) is 0 Å². The number of imidazole rings is 1. The topological polar surface area (TPSA) is 17.8 Å². The standard InChI is InChI=1S/C28H54N2/c1-5-7-9-11-13-15-17-19-21-23-27(4)30-25-24-29-28(30)26(3)22-20-18-16-14-12-10-8-6-2/h24-27H,5-23H2,1-4H3. The van der Waals surface area contributed by atoms with E-state index in [1.807, 2.05) is 6.20 Å². The van der Waals surface area contributed by atoms with E-state index in [9.17, 15) is 0 Å². The first-order valence-corrected chi connectivity index (χ1v) is 13.7. The Balaban J connectivity index is 2.15. The number of nitrogens with zero attached hydrogens (tertiary/aromatic N) is 2. The average molecular weight is 419 g/mol. The van der Waals surface area contributed by atoms with E-state index in [1.54, 1.807) is 0 Å². The predicted molar refractivity (Wildman–Crippen MR) is 134 cm³/mol. The molecule has 0 radical (unpaired) electrons. The first kappa shape index (κ1) is 27.2. The normalized spacial score (nSPS) is 13.6. The smallest absolute Gasteiger partial charge is 0.111 e. The van der Waals surface area contributed by atoms with Gasteiger partial charge in [0, 0.05) is 24.4 Å². The third-order valence-corrected chi connectivity index (χ3v) is 6.83. The van der Waals surface area contributed by atoms with Crippen molar-refractivity contribution in [3.05, 3.63) is 18.2 Å². The molecule has 0 bridgehead atoms. The molecule has 1 aromatic heterocycles. The molecule has 30 heavy (non-hydrogen) atoms. The molecule has 0 aromatic carbocycles. The van der Waals surface area contributed by atoms with Gasteiger partial charge in [-0.25, -0.2) is 4.98 Å². The van der Waals surface area contributed by atoms with E-state index < -0.39 is 0 Å². The van der Waals surface area contributed by atoms with Crippen molar-refractivity contribution in [1.82, 2.24) is 9.55 Å². The molecule has 0 N–H and O–H groups in total. The molecular weight excluding hydrogens is 364 g/mol. The van der Waals surface area contributed by atoms with Gasteiger partial charge in [-0.2, -0.15) is 0 Å². The first-order chi connectivity index (χ1) is 14.7. The van der Waals surface area contributed by atoms with Crippen molar-refractivity contribution < 1.29 is 0 Å². The maximum absolute atomic E-state index is 4.74. The lowest BCUT2D eigenvalue weighted by Crippen LogP contribution is -2.11. The fraction of sp³-hybridized carbons (Fsp3) is 0.893. The summed E-state index contributed by atoms with van der Waals surface area (Å²) in [5.41, 5.74) is 0. The summed E-state index contributed by atoms with van der Waals surface area (Å²) in [6.07, 6.45) is 30.8. The molecule has 1 heterocycles. The van der Waals surface area contributed by atoms with Crippen LogP contribution in [-0.4, -0.2) is 9.55 Å². The minimum atomic E-state index is 0.589. The van der Waals surface area contributed by atoms with Gasteiger partial charge in [-0.05, 0) is 19.8 Å². The average Bonchev–Trinajstić information content (AvgIpc) is 3.24. The molecule has 0 saturated heterocycles. The summed E-state index contributed by atoms with van der Waals surface area (Å²) in [7, 11) is 0. The Morgan fingerprint density at radius 1 is 0.633 bits per heavy atom. The molecule has 2 heteroatoms. The molecule has 0 spiro atoms. The van der Waals surface area contributed by atoms with Gasteiger partial charge in [0.25, 0.3) is 0 Å². The highest BCUT2D eigenvalue weighted by Crippen LogP contribution is 2.26. The van der Waals surface area contributed by atoms with Crippen LogP contribution in [0.25, 0.3) is 0 Å². The van der Waals surface area contributed by atoms with Crippen molar-refractivity contribution in [2.75, 3.05) is 0 Å². The summed E-state index contributed by atoms with van der Waals surface area (Å²) < 4.78 is 2.47. The van der Waals surface area contributed by atoms with Crippen LogP contribution in [0.15, 0.2) is 12.4 Å². The van der Waals surface area contributed by atoms with Crippen LogP contribution in [0.1, 0.15) is 167 Å². The van der Waals surface area contributed by atoms with E-state index in [1.165, 1.54) is 128 Å². The molecule has 1 aromatic rings. The third kappa shape index (κ3) is 12.8. The number of hydrogen-bond acceptors (Lipinski definition) is 1. The highest BCUT2D eigenvalue weighted by atomic mass is 15.1. The summed E-state index contributed by atoms with van der Waals surface area (Å²) >= 11 is 0. The lowest BCUT2D eigenvalue weighted by atomic mass is 10.00.